The lowest BCUT2D eigenvalue weighted by Crippen LogP contribution is -2.52. The number of piperidine rings is 1. The van der Waals surface area contributed by atoms with Gasteiger partial charge in [0.05, 0.1) is 26.2 Å². The molecule has 36 heavy (non-hydrogen) atoms. The third-order valence-corrected chi connectivity index (χ3v) is 6.99. The summed E-state index contributed by atoms with van der Waals surface area (Å²) in [5.74, 6) is 1.37. The predicted octanol–water partition coefficient (Wildman–Crippen LogP) is 5.27. The van der Waals surface area contributed by atoms with Gasteiger partial charge in [0, 0.05) is 31.5 Å². The Morgan fingerprint density at radius 1 is 0.917 bits per heavy atom. The van der Waals surface area contributed by atoms with Crippen LogP contribution in [-0.4, -0.2) is 49.5 Å². The van der Waals surface area contributed by atoms with Gasteiger partial charge in [0.1, 0.15) is 5.60 Å². The molecule has 6 heteroatoms. The number of methoxy groups -OCH3 is 2. The first-order valence-corrected chi connectivity index (χ1v) is 12.1. The first-order chi connectivity index (χ1) is 17.5. The van der Waals surface area contributed by atoms with E-state index in [1.54, 1.807) is 26.4 Å². The van der Waals surface area contributed by atoms with Gasteiger partial charge in [0.2, 0.25) is 5.75 Å². The zero-order valence-electron chi connectivity index (χ0n) is 20.5. The van der Waals surface area contributed by atoms with Gasteiger partial charge in [-0.2, -0.15) is 0 Å². The number of likely N-dealkylation sites (tertiary alicyclic amines) is 1. The average molecular weight is 484 g/mol. The monoisotopic (exact) mass is 483 g/mol. The summed E-state index contributed by atoms with van der Waals surface area (Å²) in [6.45, 7) is 0.986. The van der Waals surface area contributed by atoms with Crippen LogP contribution in [0.25, 0.3) is 11.6 Å². The van der Waals surface area contributed by atoms with E-state index in [4.69, 9.17) is 14.2 Å². The Hall–Kier alpha value is -4.06. The molecular formula is C30H29NO5. The quantitative estimate of drug-likeness (QED) is 0.365. The number of hydrogen-bond donors (Lipinski definition) is 0. The minimum atomic E-state index is -0.670. The molecule has 2 heterocycles. The molecule has 184 valence electrons. The molecule has 1 saturated heterocycles. The van der Waals surface area contributed by atoms with Crippen LogP contribution in [0.5, 0.6) is 17.2 Å². The molecule has 0 radical (unpaired) electrons. The molecule has 3 aromatic carbocycles. The van der Waals surface area contributed by atoms with Crippen molar-refractivity contribution in [2.24, 2.45) is 0 Å². The second-order valence-corrected chi connectivity index (χ2v) is 9.19. The topological polar surface area (TPSA) is 65.1 Å². The number of amides is 1. The Labute approximate surface area is 211 Å². The predicted molar refractivity (Wildman–Crippen MR) is 138 cm³/mol. The zero-order valence-corrected chi connectivity index (χ0v) is 20.5. The number of carbonyl (C=O) groups excluding carboxylic acids is 2. The molecule has 0 unspecified atom stereocenters. The van der Waals surface area contributed by atoms with E-state index in [2.05, 4.69) is 0 Å². The standard InChI is InChI=1S/C30H29NO5/c1-34-26-14-13-23-25(32)20-30(36-27(23)28(26)35-2)15-17-31(18-16-30)29(33)24(22-11-7-4-8-12-22)19-21-9-5-3-6-10-21/h3-14,19H,15-18,20H2,1-2H3/b24-19-. The zero-order chi connectivity index (χ0) is 25.1. The van der Waals surface area contributed by atoms with E-state index in [0.29, 0.717) is 54.3 Å². The summed E-state index contributed by atoms with van der Waals surface area (Å²) in [5, 5.41) is 0. The third-order valence-electron chi connectivity index (χ3n) is 6.99. The molecule has 0 N–H and O–H groups in total. The fourth-order valence-corrected chi connectivity index (χ4v) is 5.03. The molecular weight excluding hydrogens is 454 g/mol. The largest absolute Gasteiger partial charge is 0.493 e. The van der Waals surface area contributed by atoms with Gasteiger partial charge < -0.3 is 19.1 Å². The number of Topliss-reactive ketones (excluding diaryl/α,β-unsaturated/α-hetero) is 1. The minimum absolute atomic E-state index is 0.0194. The molecule has 5 rings (SSSR count). The molecule has 6 nitrogen and oxygen atoms in total. The second-order valence-electron chi connectivity index (χ2n) is 9.19. The molecule has 2 aliphatic heterocycles. The van der Waals surface area contributed by atoms with Crippen molar-refractivity contribution in [1.82, 2.24) is 4.90 Å². The molecule has 3 aromatic rings. The number of rotatable bonds is 5. The summed E-state index contributed by atoms with van der Waals surface area (Å²) >= 11 is 0. The minimum Gasteiger partial charge on any atom is -0.493 e. The van der Waals surface area contributed by atoms with Crippen LogP contribution in [0.4, 0.5) is 0 Å². The van der Waals surface area contributed by atoms with Gasteiger partial charge in [0.15, 0.2) is 17.3 Å². The molecule has 1 amide bonds. The molecule has 2 aliphatic rings. The van der Waals surface area contributed by atoms with Crippen LogP contribution in [0.15, 0.2) is 72.8 Å². The van der Waals surface area contributed by atoms with E-state index in [9.17, 15) is 9.59 Å². The summed E-state index contributed by atoms with van der Waals surface area (Å²) in [7, 11) is 3.10. The lowest BCUT2D eigenvalue weighted by molar-refractivity contribution is -0.128. The molecule has 0 aromatic heterocycles. The molecule has 0 atom stereocenters. The summed E-state index contributed by atoms with van der Waals surface area (Å²) < 4.78 is 17.4. The Bertz CT molecular complexity index is 1290. The first-order valence-electron chi connectivity index (χ1n) is 12.1. The maximum absolute atomic E-state index is 13.7. The Balaban J connectivity index is 1.39. The fourth-order valence-electron chi connectivity index (χ4n) is 5.03. The maximum Gasteiger partial charge on any atom is 0.254 e. The van der Waals surface area contributed by atoms with Crippen LogP contribution in [0, 0.1) is 0 Å². The summed E-state index contributed by atoms with van der Waals surface area (Å²) in [5.41, 5.74) is 2.33. The normalized spacial score (nSPS) is 16.8. The van der Waals surface area contributed by atoms with Gasteiger partial charge in [-0.25, -0.2) is 0 Å². The number of nitrogens with zero attached hydrogens (tertiary/aromatic N) is 1. The first kappa shape index (κ1) is 23.7. The van der Waals surface area contributed by atoms with Crippen molar-refractivity contribution in [3.8, 4) is 17.2 Å². The van der Waals surface area contributed by atoms with Crippen LogP contribution in [0.3, 0.4) is 0 Å². The number of fused-ring (bicyclic) bond motifs is 1. The van der Waals surface area contributed by atoms with E-state index in [1.165, 1.54) is 0 Å². The van der Waals surface area contributed by atoms with Crippen molar-refractivity contribution in [3.05, 3.63) is 89.5 Å². The lowest BCUT2D eigenvalue weighted by Gasteiger charge is -2.44. The van der Waals surface area contributed by atoms with E-state index in [0.717, 1.165) is 11.1 Å². The Morgan fingerprint density at radius 2 is 1.58 bits per heavy atom. The van der Waals surface area contributed by atoms with Crippen molar-refractivity contribution in [2.45, 2.75) is 24.9 Å². The van der Waals surface area contributed by atoms with Gasteiger partial charge in [-0.1, -0.05) is 60.7 Å². The third kappa shape index (κ3) is 4.47. The summed E-state index contributed by atoms with van der Waals surface area (Å²) in [6.07, 6.45) is 3.33. The van der Waals surface area contributed by atoms with Crippen molar-refractivity contribution < 1.29 is 23.8 Å². The highest BCUT2D eigenvalue weighted by molar-refractivity contribution is 6.24. The highest BCUT2D eigenvalue weighted by atomic mass is 16.5. The molecule has 1 spiro atoms. The molecule has 0 saturated carbocycles. The molecule has 0 bridgehead atoms. The van der Waals surface area contributed by atoms with Crippen LogP contribution < -0.4 is 14.2 Å². The smallest absolute Gasteiger partial charge is 0.254 e. The van der Waals surface area contributed by atoms with Crippen molar-refractivity contribution in [3.63, 3.8) is 0 Å². The highest BCUT2D eigenvalue weighted by Gasteiger charge is 2.45. The second kappa shape index (κ2) is 9.90. The summed E-state index contributed by atoms with van der Waals surface area (Å²) in [6, 6.07) is 23.0. The SMILES string of the molecule is COc1ccc2c(c1OC)OC1(CCN(C(=O)/C(=C\c3ccccc3)c3ccccc3)CC1)CC2=O. The van der Waals surface area contributed by atoms with Gasteiger partial charge in [-0.15, -0.1) is 0 Å². The fraction of sp³-hybridized carbons (Fsp3) is 0.267. The van der Waals surface area contributed by atoms with E-state index in [1.807, 2.05) is 71.6 Å². The van der Waals surface area contributed by atoms with E-state index < -0.39 is 5.60 Å². The van der Waals surface area contributed by atoms with Crippen LogP contribution in [-0.2, 0) is 4.79 Å². The van der Waals surface area contributed by atoms with Crippen molar-refractivity contribution in [1.29, 1.82) is 0 Å². The highest BCUT2D eigenvalue weighted by Crippen LogP contribution is 2.48. The average Bonchev–Trinajstić information content (AvgIpc) is 2.92. The molecule has 0 aliphatic carbocycles. The van der Waals surface area contributed by atoms with Gasteiger partial charge >= 0.3 is 0 Å². The van der Waals surface area contributed by atoms with Crippen LogP contribution in [0.1, 0.15) is 40.7 Å². The van der Waals surface area contributed by atoms with Crippen molar-refractivity contribution >= 4 is 23.3 Å². The number of carbonyl (C=O) groups is 2. The van der Waals surface area contributed by atoms with E-state index in [-0.39, 0.29) is 18.1 Å². The van der Waals surface area contributed by atoms with Gasteiger partial charge in [-0.05, 0) is 29.3 Å². The lowest BCUT2D eigenvalue weighted by atomic mass is 9.82. The molecule has 1 fully saturated rings. The van der Waals surface area contributed by atoms with Gasteiger partial charge in [-0.3, -0.25) is 9.59 Å². The Morgan fingerprint density at radius 3 is 2.22 bits per heavy atom. The van der Waals surface area contributed by atoms with Crippen LogP contribution >= 0.6 is 0 Å². The number of hydrogen-bond acceptors (Lipinski definition) is 5. The Kier molecular flexibility index (Phi) is 6.51. The maximum atomic E-state index is 13.7. The number of ether oxygens (including phenoxy) is 3. The van der Waals surface area contributed by atoms with Crippen molar-refractivity contribution in [2.75, 3.05) is 27.3 Å². The van der Waals surface area contributed by atoms with E-state index >= 15 is 0 Å². The van der Waals surface area contributed by atoms with Gasteiger partial charge in [0.25, 0.3) is 5.91 Å². The summed E-state index contributed by atoms with van der Waals surface area (Å²) in [4.78, 5) is 28.7. The number of benzene rings is 3. The van der Waals surface area contributed by atoms with Crippen LogP contribution in [0.2, 0.25) is 0 Å². The number of ketones is 1.